The van der Waals surface area contributed by atoms with Gasteiger partial charge in [0, 0.05) is 5.56 Å². The standard InChI is InChI=1S/C18H11ClF5N5/c19-14-5-12(17-25-6-15(20)29(17)26-14)11-4-10(11)8-1-2-9-13(3-8)28(27-16(9)21)7-18(22,23)24/h1-3,5-6,10-11H,4,7H2/t10-,11?/m0/s1. The SMILES string of the molecule is Fc1nn(CC(F)(F)F)c2cc([C@@H]3CC3c3cc(Cl)nn4c(F)cnc34)ccc12. The summed E-state index contributed by atoms with van der Waals surface area (Å²) in [5.41, 5.74) is 1.86. The molecule has 4 aromatic rings. The summed E-state index contributed by atoms with van der Waals surface area (Å²) >= 11 is 6.00. The van der Waals surface area contributed by atoms with Gasteiger partial charge in [-0.2, -0.15) is 31.6 Å². The molecule has 0 radical (unpaired) electrons. The number of hydrogen-bond acceptors (Lipinski definition) is 3. The fourth-order valence-corrected chi connectivity index (χ4v) is 3.98. The molecule has 3 aromatic heterocycles. The molecule has 11 heteroatoms. The largest absolute Gasteiger partial charge is 0.408 e. The highest BCUT2D eigenvalue weighted by molar-refractivity contribution is 6.29. The number of halogens is 6. The normalized spacial score (nSPS) is 19.4. The predicted octanol–water partition coefficient (Wildman–Crippen LogP) is 4.84. The number of hydrogen-bond donors (Lipinski definition) is 0. The second-order valence-electron chi connectivity index (χ2n) is 7.03. The van der Waals surface area contributed by atoms with Crippen LogP contribution in [-0.4, -0.2) is 30.6 Å². The molecule has 2 atom stereocenters. The summed E-state index contributed by atoms with van der Waals surface area (Å²) in [6.45, 7) is -1.38. The molecule has 1 aliphatic rings. The molecule has 0 aliphatic heterocycles. The van der Waals surface area contributed by atoms with Gasteiger partial charge in [0.1, 0.15) is 6.54 Å². The van der Waals surface area contributed by atoms with Crippen molar-refractivity contribution in [1.29, 1.82) is 0 Å². The van der Waals surface area contributed by atoms with E-state index in [9.17, 15) is 22.0 Å². The van der Waals surface area contributed by atoms with Crippen molar-refractivity contribution < 1.29 is 22.0 Å². The number of alkyl halides is 3. The van der Waals surface area contributed by atoms with Crippen molar-refractivity contribution in [1.82, 2.24) is 24.4 Å². The first kappa shape index (κ1) is 18.3. The molecule has 150 valence electrons. The third kappa shape index (κ3) is 3.11. The van der Waals surface area contributed by atoms with Crippen LogP contribution in [0, 0.1) is 11.9 Å². The zero-order valence-electron chi connectivity index (χ0n) is 14.5. The topological polar surface area (TPSA) is 48.0 Å². The van der Waals surface area contributed by atoms with Crippen LogP contribution in [-0.2, 0) is 6.54 Å². The van der Waals surface area contributed by atoms with Crippen molar-refractivity contribution >= 4 is 28.2 Å². The van der Waals surface area contributed by atoms with Crippen LogP contribution in [0.15, 0.2) is 30.5 Å². The van der Waals surface area contributed by atoms with Gasteiger partial charge in [0.05, 0.1) is 17.1 Å². The molecule has 0 bridgehead atoms. The molecule has 5 rings (SSSR count). The lowest BCUT2D eigenvalue weighted by Crippen LogP contribution is -2.18. The third-order valence-electron chi connectivity index (χ3n) is 5.10. The van der Waals surface area contributed by atoms with Crippen molar-refractivity contribution in [3.63, 3.8) is 0 Å². The number of rotatable bonds is 3. The average molecular weight is 428 g/mol. The van der Waals surface area contributed by atoms with Crippen LogP contribution >= 0.6 is 11.6 Å². The van der Waals surface area contributed by atoms with Crippen LogP contribution in [0.2, 0.25) is 5.15 Å². The van der Waals surface area contributed by atoms with Crippen molar-refractivity contribution in [2.45, 2.75) is 31.0 Å². The minimum absolute atomic E-state index is 0.0277. The molecular weight excluding hydrogens is 417 g/mol. The van der Waals surface area contributed by atoms with E-state index in [4.69, 9.17) is 11.6 Å². The summed E-state index contributed by atoms with van der Waals surface area (Å²) in [6, 6.07) is 6.23. The number of aromatic nitrogens is 5. The second kappa shape index (κ2) is 6.12. The van der Waals surface area contributed by atoms with Gasteiger partial charge in [-0.05, 0) is 42.0 Å². The van der Waals surface area contributed by atoms with Crippen LogP contribution in [0.1, 0.15) is 29.4 Å². The molecule has 0 amide bonds. The smallest absolute Gasteiger partial charge is 0.253 e. The lowest BCUT2D eigenvalue weighted by Gasteiger charge is -2.08. The first-order chi connectivity index (χ1) is 13.7. The summed E-state index contributed by atoms with van der Waals surface area (Å²) in [7, 11) is 0. The van der Waals surface area contributed by atoms with E-state index in [1.807, 2.05) is 0 Å². The Bertz CT molecular complexity index is 1260. The Morgan fingerprint density at radius 3 is 2.66 bits per heavy atom. The predicted molar refractivity (Wildman–Crippen MR) is 93.8 cm³/mol. The van der Waals surface area contributed by atoms with Gasteiger partial charge in [-0.1, -0.05) is 17.7 Å². The maximum absolute atomic E-state index is 13.9. The van der Waals surface area contributed by atoms with E-state index in [-0.39, 0.29) is 27.9 Å². The molecular formula is C18H11ClF5N5. The number of imidazole rings is 1. The molecule has 0 saturated heterocycles. The summed E-state index contributed by atoms with van der Waals surface area (Å²) in [5, 5.41) is 7.39. The van der Waals surface area contributed by atoms with Crippen LogP contribution in [0.3, 0.4) is 0 Å². The van der Waals surface area contributed by atoms with E-state index in [1.165, 1.54) is 12.1 Å². The zero-order chi connectivity index (χ0) is 20.5. The van der Waals surface area contributed by atoms with Gasteiger partial charge in [0.15, 0.2) is 10.8 Å². The van der Waals surface area contributed by atoms with Gasteiger partial charge >= 0.3 is 6.18 Å². The van der Waals surface area contributed by atoms with Crippen molar-refractivity contribution in [2.24, 2.45) is 0 Å². The Hall–Kier alpha value is -2.75. The van der Waals surface area contributed by atoms with Gasteiger partial charge in [-0.25, -0.2) is 4.98 Å². The molecule has 1 unspecified atom stereocenters. The molecule has 1 aromatic carbocycles. The highest BCUT2D eigenvalue weighted by Crippen LogP contribution is 2.56. The minimum Gasteiger partial charge on any atom is -0.253 e. The van der Waals surface area contributed by atoms with Crippen LogP contribution in [0.25, 0.3) is 16.6 Å². The van der Waals surface area contributed by atoms with Crippen molar-refractivity contribution in [2.75, 3.05) is 0 Å². The van der Waals surface area contributed by atoms with Crippen molar-refractivity contribution in [3.8, 4) is 0 Å². The molecule has 5 nitrogen and oxygen atoms in total. The average Bonchev–Trinajstić information content (AvgIpc) is 3.28. The molecule has 29 heavy (non-hydrogen) atoms. The first-order valence-electron chi connectivity index (χ1n) is 8.63. The molecule has 1 fully saturated rings. The Labute approximate surface area is 164 Å². The monoisotopic (exact) mass is 427 g/mol. The summed E-state index contributed by atoms with van der Waals surface area (Å²) < 4.78 is 67.7. The van der Waals surface area contributed by atoms with Crippen molar-refractivity contribution in [3.05, 3.63) is 58.6 Å². The molecule has 3 heterocycles. The zero-order valence-corrected chi connectivity index (χ0v) is 15.2. The summed E-state index contributed by atoms with van der Waals surface area (Å²) in [6.07, 6.45) is -2.80. The van der Waals surface area contributed by atoms with E-state index >= 15 is 0 Å². The molecule has 0 spiro atoms. The van der Waals surface area contributed by atoms with Gasteiger partial charge in [-0.15, -0.1) is 5.10 Å². The van der Waals surface area contributed by atoms with Gasteiger partial charge in [-0.3, -0.25) is 4.68 Å². The Kier molecular flexibility index (Phi) is 3.86. The Morgan fingerprint density at radius 2 is 1.90 bits per heavy atom. The van der Waals surface area contributed by atoms with Gasteiger partial charge < -0.3 is 0 Å². The molecule has 1 saturated carbocycles. The van der Waals surface area contributed by atoms with Gasteiger partial charge in [0.25, 0.3) is 0 Å². The Morgan fingerprint density at radius 1 is 1.10 bits per heavy atom. The van der Waals surface area contributed by atoms with Gasteiger partial charge in [0.2, 0.25) is 11.9 Å². The van der Waals surface area contributed by atoms with E-state index < -0.39 is 24.6 Å². The summed E-state index contributed by atoms with van der Waals surface area (Å²) in [4.78, 5) is 4.03. The van der Waals surface area contributed by atoms with E-state index in [2.05, 4.69) is 15.2 Å². The lowest BCUT2D eigenvalue weighted by molar-refractivity contribution is -0.142. The molecule has 0 N–H and O–H groups in total. The molecule has 1 aliphatic carbocycles. The maximum atomic E-state index is 13.9. The fraction of sp³-hybridized carbons (Fsp3) is 0.278. The highest BCUT2D eigenvalue weighted by atomic mass is 35.5. The lowest BCUT2D eigenvalue weighted by atomic mass is 10.0. The van der Waals surface area contributed by atoms with E-state index in [1.54, 1.807) is 12.1 Å². The number of benzene rings is 1. The Balaban J connectivity index is 1.53. The van der Waals surface area contributed by atoms with Crippen LogP contribution < -0.4 is 0 Å². The fourth-order valence-electron chi connectivity index (χ4n) is 3.79. The van der Waals surface area contributed by atoms with E-state index in [0.717, 1.165) is 16.3 Å². The van der Waals surface area contributed by atoms with Crippen LogP contribution in [0.4, 0.5) is 22.0 Å². The number of fused-ring (bicyclic) bond motifs is 2. The minimum atomic E-state index is -4.52. The van der Waals surface area contributed by atoms with E-state index in [0.29, 0.717) is 22.3 Å². The second-order valence-corrected chi connectivity index (χ2v) is 7.41. The maximum Gasteiger partial charge on any atom is 0.408 e. The quantitative estimate of drug-likeness (QED) is 0.439. The highest BCUT2D eigenvalue weighted by Gasteiger charge is 2.42. The number of nitrogens with zero attached hydrogens (tertiary/aromatic N) is 5. The third-order valence-corrected chi connectivity index (χ3v) is 5.29. The first-order valence-corrected chi connectivity index (χ1v) is 9.01. The summed E-state index contributed by atoms with van der Waals surface area (Å²) in [5.74, 6) is -1.69. The van der Waals surface area contributed by atoms with Crippen LogP contribution in [0.5, 0.6) is 0 Å².